The summed E-state index contributed by atoms with van der Waals surface area (Å²) in [7, 11) is 0. The van der Waals surface area contributed by atoms with Gasteiger partial charge in [0.25, 0.3) is 5.91 Å². The highest BCUT2D eigenvalue weighted by Gasteiger charge is 2.38. The number of ether oxygens (including phenoxy) is 1. The molecule has 0 spiro atoms. The van der Waals surface area contributed by atoms with Crippen LogP contribution in [0.25, 0.3) is 0 Å². The zero-order chi connectivity index (χ0) is 34.6. The average molecular weight is 642 g/mol. The van der Waals surface area contributed by atoms with Gasteiger partial charge >= 0.3 is 6.09 Å². The Morgan fingerprint density at radius 2 is 1.30 bits per heavy atom. The second-order valence-corrected chi connectivity index (χ2v) is 13.7. The lowest BCUT2D eigenvalue weighted by Crippen LogP contribution is -2.53. The van der Waals surface area contributed by atoms with Gasteiger partial charge in [0.05, 0.1) is 0 Å². The van der Waals surface area contributed by atoms with Crippen molar-refractivity contribution in [3.63, 3.8) is 0 Å². The summed E-state index contributed by atoms with van der Waals surface area (Å²) in [6.07, 6.45) is 5.76. The number of nitrogens with zero attached hydrogens (tertiary/aromatic N) is 1. The highest BCUT2D eigenvalue weighted by atomic mass is 16.6. The van der Waals surface area contributed by atoms with E-state index in [0.717, 1.165) is 71.2 Å². The van der Waals surface area contributed by atoms with E-state index in [9.17, 15) is 14.4 Å². The van der Waals surface area contributed by atoms with Crippen LogP contribution in [-0.4, -0.2) is 41.0 Å². The van der Waals surface area contributed by atoms with E-state index in [0.29, 0.717) is 6.54 Å². The topological polar surface area (TPSA) is 87.7 Å². The van der Waals surface area contributed by atoms with Crippen molar-refractivity contribution in [3.05, 3.63) is 100 Å². The lowest BCUT2D eigenvalue weighted by Gasteiger charge is -2.36. The molecule has 3 rings (SSSR count). The molecule has 47 heavy (non-hydrogen) atoms. The molecule has 7 nitrogen and oxygen atoms in total. The summed E-state index contributed by atoms with van der Waals surface area (Å²) in [4.78, 5) is 44.4. The fraction of sp³-hybridized carbons (Fsp3) is 0.475. The summed E-state index contributed by atoms with van der Waals surface area (Å²) in [6.45, 7) is 15.8. The molecule has 0 heterocycles. The molecule has 3 aromatic rings. The normalized spacial score (nSPS) is 12.6. The van der Waals surface area contributed by atoms with Gasteiger partial charge in [-0.15, -0.1) is 0 Å². The number of nitrogens with one attached hydrogen (secondary N) is 2. The standard InChI is InChI=1S/C40H55N3O4/c1-9-10-11-12-13-17-26-43(38(45)33(27-32-24-15-14-16-25-32)41-39(46)47-40(6,7)8)36(34-28(2)20-18-21-29(34)3)37(44)42-35-30(4)22-19-23-31(35)5/h14-16,18-25,33,36H,9-13,17,26-27H2,1-8H3,(H,41,46)(H,42,44). The third-order valence-corrected chi connectivity index (χ3v) is 8.41. The third-order valence-electron chi connectivity index (χ3n) is 8.41. The van der Waals surface area contributed by atoms with E-state index in [4.69, 9.17) is 4.74 Å². The Morgan fingerprint density at radius 1 is 0.745 bits per heavy atom. The Bertz CT molecular complexity index is 1440. The monoisotopic (exact) mass is 641 g/mol. The van der Waals surface area contributed by atoms with Crippen molar-refractivity contribution < 1.29 is 19.1 Å². The summed E-state index contributed by atoms with van der Waals surface area (Å²) in [6, 6.07) is 19.6. The quantitative estimate of drug-likeness (QED) is 0.162. The Kier molecular flexibility index (Phi) is 14.1. The fourth-order valence-electron chi connectivity index (χ4n) is 6.02. The molecule has 0 aliphatic rings. The van der Waals surface area contributed by atoms with Gasteiger partial charge < -0.3 is 20.3 Å². The molecule has 0 saturated carbocycles. The minimum absolute atomic E-state index is 0.254. The number of unbranched alkanes of at least 4 members (excludes halogenated alkanes) is 5. The first-order valence-corrected chi connectivity index (χ1v) is 17.1. The van der Waals surface area contributed by atoms with Gasteiger partial charge in [0.1, 0.15) is 17.7 Å². The largest absolute Gasteiger partial charge is 0.444 e. The first-order chi connectivity index (χ1) is 22.3. The van der Waals surface area contributed by atoms with Crippen LogP contribution in [0.2, 0.25) is 0 Å². The predicted octanol–water partition coefficient (Wildman–Crippen LogP) is 8.93. The minimum atomic E-state index is -0.952. The molecule has 2 atom stereocenters. The van der Waals surface area contributed by atoms with Gasteiger partial charge in [-0.25, -0.2) is 4.79 Å². The Hall–Kier alpha value is -4.13. The molecule has 0 radical (unpaired) electrons. The minimum Gasteiger partial charge on any atom is -0.444 e. The van der Waals surface area contributed by atoms with E-state index in [1.54, 1.807) is 25.7 Å². The average Bonchev–Trinajstić information content (AvgIpc) is 3.00. The maximum atomic E-state index is 14.9. The van der Waals surface area contributed by atoms with Crippen LogP contribution in [0.1, 0.15) is 106 Å². The summed E-state index contributed by atoms with van der Waals surface area (Å²) in [5, 5.41) is 6.08. The highest BCUT2D eigenvalue weighted by Crippen LogP contribution is 2.32. The molecule has 3 aromatic carbocycles. The lowest BCUT2D eigenvalue weighted by atomic mass is 9.92. The number of rotatable bonds is 15. The van der Waals surface area contributed by atoms with Crippen molar-refractivity contribution in [1.29, 1.82) is 0 Å². The van der Waals surface area contributed by atoms with Gasteiger partial charge in [-0.05, 0) is 88.3 Å². The summed E-state index contributed by atoms with van der Waals surface area (Å²) in [5.74, 6) is -0.604. The van der Waals surface area contributed by atoms with Crippen molar-refractivity contribution in [2.45, 2.75) is 118 Å². The number of anilines is 1. The molecule has 7 heteroatoms. The van der Waals surface area contributed by atoms with Crippen molar-refractivity contribution in [2.75, 3.05) is 11.9 Å². The Balaban J connectivity index is 2.12. The zero-order valence-electron chi connectivity index (χ0n) is 29.7. The molecule has 2 N–H and O–H groups in total. The van der Waals surface area contributed by atoms with Crippen LogP contribution in [0.5, 0.6) is 0 Å². The van der Waals surface area contributed by atoms with Gasteiger partial charge in [0, 0.05) is 18.7 Å². The number of benzene rings is 3. The van der Waals surface area contributed by atoms with Gasteiger partial charge in [-0.2, -0.15) is 0 Å². The highest BCUT2D eigenvalue weighted by molar-refractivity contribution is 6.00. The van der Waals surface area contributed by atoms with Crippen molar-refractivity contribution in [2.24, 2.45) is 0 Å². The van der Waals surface area contributed by atoms with Crippen LogP contribution < -0.4 is 10.6 Å². The first-order valence-electron chi connectivity index (χ1n) is 17.1. The maximum absolute atomic E-state index is 14.9. The number of aryl methyl sites for hydroxylation is 4. The number of carbonyl (C=O) groups excluding carboxylic acids is 3. The van der Waals surface area contributed by atoms with Crippen LogP contribution in [0.3, 0.4) is 0 Å². The SMILES string of the molecule is CCCCCCCCN(C(=O)C(Cc1ccccc1)NC(=O)OC(C)(C)C)C(C(=O)Nc1c(C)cccc1C)c1c(C)cccc1C. The van der Waals surface area contributed by atoms with Crippen molar-refractivity contribution in [3.8, 4) is 0 Å². The number of alkyl carbamates (subject to hydrolysis) is 1. The molecule has 0 saturated heterocycles. The van der Waals surface area contributed by atoms with Gasteiger partial charge in [0.15, 0.2) is 0 Å². The zero-order valence-corrected chi connectivity index (χ0v) is 29.7. The van der Waals surface area contributed by atoms with Crippen LogP contribution in [0, 0.1) is 27.7 Å². The van der Waals surface area contributed by atoms with E-state index in [1.807, 2.05) is 94.4 Å². The molecule has 254 valence electrons. The number of hydrogen-bond donors (Lipinski definition) is 2. The summed E-state index contributed by atoms with van der Waals surface area (Å²) >= 11 is 0. The first kappa shape index (κ1) is 37.3. The molecule has 0 bridgehead atoms. The van der Waals surface area contributed by atoms with Crippen LogP contribution >= 0.6 is 0 Å². The van der Waals surface area contributed by atoms with Crippen LogP contribution in [0.4, 0.5) is 10.5 Å². The van der Waals surface area contributed by atoms with E-state index in [2.05, 4.69) is 17.6 Å². The molecule has 0 aliphatic heterocycles. The van der Waals surface area contributed by atoms with Gasteiger partial charge in [-0.1, -0.05) is 106 Å². The number of hydrogen-bond acceptors (Lipinski definition) is 4. The predicted molar refractivity (Wildman–Crippen MR) is 192 cm³/mol. The molecular formula is C40H55N3O4. The third kappa shape index (κ3) is 11.3. The maximum Gasteiger partial charge on any atom is 0.408 e. The van der Waals surface area contributed by atoms with Crippen molar-refractivity contribution in [1.82, 2.24) is 10.2 Å². The van der Waals surface area contributed by atoms with Crippen LogP contribution in [0.15, 0.2) is 66.7 Å². The number of para-hydroxylation sites is 1. The van der Waals surface area contributed by atoms with E-state index < -0.39 is 23.8 Å². The van der Waals surface area contributed by atoms with E-state index in [-0.39, 0.29) is 18.2 Å². The molecule has 0 aromatic heterocycles. The summed E-state index contributed by atoms with van der Waals surface area (Å²) in [5.41, 5.74) is 5.43. The lowest BCUT2D eigenvalue weighted by molar-refractivity contribution is -0.141. The van der Waals surface area contributed by atoms with Gasteiger partial charge in [0.2, 0.25) is 5.91 Å². The summed E-state index contributed by atoms with van der Waals surface area (Å²) < 4.78 is 5.61. The Labute approximate surface area is 282 Å². The fourth-order valence-corrected chi connectivity index (χ4v) is 6.02. The molecule has 3 amide bonds. The second kappa shape index (κ2) is 17.7. The van der Waals surface area contributed by atoms with E-state index in [1.165, 1.54) is 6.42 Å². The number of carbonyl (C=O) groups is 3. The second-order valence-electron chi connectivity index (χ2n) is 13.7. The molecule has 0 aliphatic carbocycles. The molecule has 2 unspecified atom stereocenters. The van der Waals surface area contributed by atoms with Gasteiger partial charge in [-0.3, -0.25) is 9.59 Å². The van der Waals surface area contributed by atoms with E-state index >= 15 is 0 Å². The van der Waals surface area contributed by atoms with Crippen LogP contribution in [-0.2, 0) is 20.7 Å². The van der Waals surface area contributed by atoms with Crippen molar-refractivity contribution >= 4 is 23.6 Å². The number of amides is 3. The molecular weight excluding hydrogens is 586 g/mol. The Morgan fingerprint density at radius 3 is 1.87 bits per heavy atom. The molecule has 0 fully saturated rings. The smallest absolute Gasteiger partial charge is 0.408 e.